The van der Waals surface area contributed by atoms with Crippen LogP contribution in [0.1, 0.15) is 31.3 Å². The van der Waals surface area contributed by atoms with Crippen LogP contribution in [0.25, 0.3) is 0 Å². The Balaban J connectivity index is 2.33. The first-order valence-corrected chi connectivity index (χ1v) is 5.27. The number of nitrogens with one attached hydrogen (secondary N) is 2. The van der Waals surface area contributed by atoms with Crippen molar-refractivity contribution in [1.82, 2.24) is 20.6 Å². The Morgan fingerprint density at radius 2 is 1.65 bits per heavy atom. The van der Waals surface area contributed by atoms with Crippen molar-refractivity contribution in [3.8, 4) is 0 Å². The van der Waals surface area contributed by atoms with E-state index in [1.54, 1.807) is 0 Å². The Kier molecular flexibility index (Phi) is 3.37. The van der Waals surface area contributed by atoms with E-state index in [2.05, 4.69) is 25.9 Å². The SMILES string of the molecule is NC(=O)c1cc(NC(=O)c2nn[nH]n2)cc(C(N)=O)c1. The van der Waals surface area contributed by atoms with Gasteiger partial charge in [0.15, 0.2) is 0 Å². The smallest absolute Gasteiger partial charge is 0.297 e. The number of aromatic nitrogens is 4. The van der Waals surface area contributed by atoms with Crippen LogP contribution in [-0.2, 0) is 0 Å². The standard InChI is InChI=1S/C10H9N7O3/c11-7(18)4-1-5(8(12)19)3-6(2-4)13-10(20)9-14-16-17-15-9/h1-3H,(H2,11,18)(H2,12,19)(H,13,20)(H,14,15,16,17). The number of amides is 3. The molecule has 0 fully saturated rings. The number of hydrogen-bond acceptors (Lipinski definition) is 6. The van der Waals surface area contributed by atoms with Gasteiger partial charge in [0.1, 0.15) is 0 Å². The third-order valence-corrected chi connectivity index (χ3v) is 2.31. The summed E-state index contributed by atoms with van der Waals surface area (Å²) >= 11 is 0. The van der Waals surface area contributed by atoms with Crippen molar-refractivity contribution in [3.05, 3.63) is 35.2 Å². The monoisotopic (exact) mass is 275 g/mol. The van der Waals surface area contributed by atoms with Gasteiger partial charge in [-0.1, -0.05) is 0 Å². The fraction of sp³-hybridized carbons (Fsp3) is 0. The van der Waals surface area contributed by atoms with E-state index in [1.807, 2.05) is 0 Å². The first-order chi connectivity index (χ1) is 9.47. The molecule has 0 aliphatic heterocycles. The molecule has 102 valence electrons. The molecule has 0 aliphatic carbocycles. The summed E-state index contributed by atoms with van der Waals surface area (Å²) in [5, 5.41) is 14.7. The Hall–Kier alpha value is -3.30. The minimum Gasteiger partial charge on any atom is -0.366 e. The highest BCUT2D eigenvalue weighted by Crippen LogP contribution is 2.15. The second-order valence-electron chi connectivity index (χ2n) is 3.72. The minimum atomic E-state index is -0.761. The van der Waals surface area contributed by atoms with Crippen molar-refractivity contribution in [2.24, 2.45) is 11.5 Å². The molecule has 0 bridgehead atoms. The number of carbonyl (C=O) groups is 3. The Morgan fingerprint density at radius 1 is 1.05 bits per heavy atom. The highest BCUT2D eigenvalue weighted by atomic mass is 16.2. The number of tetrazole rings is 1. The highest BCUT2D eigenvalue weighted by Gasteiger charge is 2.14. The lowest BCUT2D eigenvalue weighted by molar-refractivity contribution is 0.0991. The van der Waals surface area contributed by atoms with Crippen LogP contribution in [0.3, 0.4) is 0 Å². The lowest BCUT2D eigenvalue weighted by atomic mass is 10.1. The van der Waals surface area contributed by atoms with Gasteiger partial charge in [0.05, 0.1) is 0 Å². The van der Waals surface area contributed by atoms with Crippen molar-refractivity contribution in [2.45, 2.75) is 0 Å². The Labute approximate surface area is 111 Å². The third kappa shape index (κ3) is 2.75. The summed E-state index contributed by atoms with van der Waals surface area (Å²) in [6, 6.07) is 3.83. The van der Waals surface area contributed by atoms with E-state index in [0.29, 0.717) is 0 Å². The van der Waals surface area contributed by atoms with Crippen LogP contribution in [0.2, 0.25) is 0 Å². The summed E-state index contributed by atoms with van der Waals surface area (Å²) in [6.45, 7) is 0. The number of primary amides is 2. The predicted molar refractivity (Wildman–Crippen MR) is 65.6 cm³/mol. The molecule has 3 amide bonds. The van der Waals surface area contributed by atoms with Crippen LogP contribution in [0.5, 0.6) is 0 Å². The lowest BCUT2D eigenvalue weighted by Gasteiger charge is -2.06. The molecule has 0 saturated carbocycles. The zero-order chi connectivity index (χ0) is 14.7. The summed E-state index contributed by atoms with van der Waals surface area (Å²) in [7, 11) is 0. The van der Waals surface area contributed by atoms with Gasteiger partial charge in [-0.25, -0.2) is 0 Å². The number of benzene rings is 1. The molecule has 0 saturated heterocycles. The van der Waals surface area contributed by atoms with Gasteiger partial charge in [-0.15, -0.1) is 10.2 Å². The van der Waals surface area contributed by atoms with Crippen LogP contribution in [0.4, 0.5) is 5.69 Å². The third-order valence-electron chi connectivity index (χ3n) is 2.31. The summed E-state index contributed by atoms with van der Waals surface area (Å²) in [6.07, 6.45) is 0. The molecule has 0 atom stereocenters. The second-order valence-corrected chi connectivity index (χ2v) is 3.72. The topological polar surface area (TPSA) is 170 Å². The highest BCUT2D eigenvalue weighted by molar-refractivity contribution is 6.04. The maximum atomic E-state index is 11.7. The Morgan fingerprint density at radius 3 is 2.10 bits per heavy atom. The molecule has 1 aromatic heterocycles. The molecular weight excluding hydrogens is 266 g/mol. The van der Waals surface area contributed by atoms with Gasteiger partial charge in [-0.05, 0) is 23.4 Å². The van der Waals surface area contributed by atoms with Crippen LogP contribution in [0.15, 0.2) is 18.2 Å². The van der Waals surface area contributed by atoms with Crippen LogP contribution in [0, 0.1) is 0 Å². The van der Waals surface area contributed by atoms with Crippen LogP contribution < -0.4 is 16.8 Å². The van der Waals surface area contributed by atoms with E-state index < -0.39 is 17.7 Å². The molecule has 6 N–H and O–H groups in total. The number of aromatic amines is 1. The fourth-order valence-electron chi connectivity index (χ4n) is 1.43. The molecule has 1 aromatic carbocycles. The number of rotatable bonds is 4. The second kappa shape index (κ2) is 5.14. The van der Waals surface area contributed by atoms with Crippen molar-refractivity contribution in [1.29, 1.82) is 0 Å². The number of anilines is 1. The zero-order valence-electron chi connectivity index (χ0n) is 9.95. The van der Waals surface area contributed by atoms with Crippen molar-refractivity contribution >= 4 is 23.4 Å². The van der Waals surface area contributed by atoms with Gasteiger partial charge in [-0.2, -0.15) is 5.21 Å². The number of nitrogens with two attached hydrogens (primary N) is 2. The van der Waals surface area contributed by atoms with E-state index in [4.69, 9.17) is 11.5 Å². The molecule has 2 rings (SSSR count). The average molecular weight is 275 g/mol. The molecule has 0 unspecified atom stereocenters. The fourth-order valence-corrected chi connectivity index (χ4v) is 1.43. The van der Waals surface area contributed by atoms with Crippen LogP contribution >= 0.6 is 0 Å². The van der Waals surface area contributed by atoms with Gasteiger partial charge < -0.3 is 16.8 Å². The molecule has 10 heteroatoms. The molecule has 0 radical (unpaired) electrons. The minimum absolute atomic E-state index is 0.0321. The number of carbonyl (C=O) groups excluding carboxylic acids is 3. The summed E-state index contributed by atoms with van der Waals surface area (Å²) < 4.78 is 0. The van der Waals surface area contributed by atoms with Crippen molar-refractivity contribution in [3.63, 3.8) is 0 Å². The Bertz CT molecular complexity index is 648. The van der Waals surface area contributed by atoms with E-state index >= 15 is 0 Å². The largest absolute Gasteiger partial charge is 0.366 e. The van der Waals surface area contributed by atoms with Gasteiger partial charge in [-0.3, -0.25) is 14.4 Å². The summed E-state index contributed by atoms with van der Waals surface area (Å²) in [5.74, 6) is -2.39. The molecule has 0 spiro atoms. The first-order valence-electron chi connectivity index (χ1n) is 5.27. The van der Waals surface area contributed by atoms with Gasteiger partial charge in [0.25, 0.3) is 11.7 Å². The van der Waals surface area contributed by atoms with Gasteiger partial charge in [0, 0.05) is 16.8 Å². The molecular formula is C10H9N7O3. The number of H-pyrrole nitrogens is 1. The van der Waals surface area contributed by atoms with Crippen molar-refractivity contribution < 1.29 is 14.4 Å². The number of hydrogen-bond donors (Lipinski definition) is 4. The van der Waals surface area contributed by atoms with E-state index in [0.717, 1.165) is 0 Å². The lowest BCUT2D eigenvalue weighted by Crippen LogP contribution is -2.18. The quantitative estimate of drug-likeness (QED) is 0.537. The van der Waals surface area contributed by atoms with E-state index in [9.17, 15) is 14.4 Å². The molecule has 2 aromatic rings. The number of nitrogens with zero attached hydrogens (tertiary/aromatic N) is 3. The average Bonchev–Trinajstić information content (AvgIpc) is 2.92. The summed E-state index contributed by atoms with van der Waals surface area (Å²) in [5.41, 5.74) is 10.5. The summed E-state index contributed by atoms with van der Waals surface area (Å²) in [4.78, 5) is 34.0. The maximum Gasteiger partial charge on any atom is 0.297 e. The van der Waals surface area contributed by atoms with E-state index in [-0.39, 0.29) is 22.6 Å². The molecule has 10 nitrogen and oxygen atoms in total. The van der Waals surface area contributed by atoms with Gasteiger partial charge in [0.2, 0.25) is 11.8 Å². The molecule has 1 heterocycles. The molecule has 20 heavy (non-hydrogen) atoms. The first kappa shape index (κ1) is 13.1. The maximum absolute atomic E-state index is 11.7. The van der Waals surface area contributed by atoms with E-state index in [1.165, 1.54) is 18.2 Å². The zero-order valence-corrected chi connectivity index (χ0v) is 9.95. The van der Waals surface area contributed by atoms with Crippen molar-refractivity contribution in [2.75, 3.05) is 5.32 Å². The normalized spacial score (nSPS) is 10.0. The van der Waals surface area contributed by atoms with Crippen LogP contribution in [-0.4, -0.2) is 38.3 Å². The molecule has 0 aliphatic rings. The van der Waals surface area contributed by atoms with Gasteiger partial charge >= 0.3 is 0 Å². The predicted octanol–water partition coefficient (Wildman–Crippen LogP) is -1.35.